The molecule has 0 aliphatic heterocycles. The van der Waals surface area contributed by atoms with Gasteiger partial charge >= 0.3 is 0 Å². The first-order valence-corrected chi connectivity index (χ1v) is 12.6. The van der Waals surface area contributed by atoms with E-state index >= 15 is 0 Å². The molecule has 3 rings (SSSR count). The molecule has 0 unspecified atom stereocenters. The van der Waals surface area contributed by atoms with E-state index in [-0.39, 0.29) is 0 Å². The molecule has 1 nitrogen and oxygen atoms in total. The van der Waals surface area contributed by atoms with Crippen molar-refractivity contribution in [2.75, 3.05) is 6.61 Å². The highest BCUT2D eigenvalue weighted by Gasteiger charge is 2.15. The van der Waals surface area contributed by atoms with Gasteiger partial charge in [0.1, 0.15) is 5.75 Å². The van der Waals surface area contributed by atoms with E-state index in [1.807, 2.05) is 0 Å². The molecule has 0 saturated carbocycles. The molecule has 128 valence electrons. The molecule has 0 N–H and O–H groups in total. The van der Waals surface area contributed by atoms with Gasteiger partial charge in [0.15, 0.2) is 0 Å². The van der Waals surface area contributed by atoms with Crippen LogP contribution in [0.3, 0.4) is 0 Å². The molecule has 0 aromatic heterocycles. The molecule has 0 atom stereocenters. The van der Waals surface area contributed by atoms with Crippen molar-refractivity contribution in [3.05, 3.63) is 78.9 Å². The predicted molar refractivity (Wildman–Crippen MR) is 111 cm³/mol. The van der Waals surface area contributed by atoms with E-state index in [4.69, 9.17) is 4.74 Å². The van der Waals surface area contributed by atoms with Crippen LogP contribution in [0.1, 0.15) is 0 Å². The third-order valence-corrected chi connectivity index (χ3v) is 6.00. The molecule has 0 fully saturated rings. The van der Waals surface area contributed by atoms with Gasteiger partial charge in [-0.1, -0.05) is 92.4 Å². The molecular weight excluding hydrogens is 320 g/mol. The van der Waals surface area contributed by atoms with Crippen LogP contribution in [0.25, 0.3) is 22.3 Å². The molecular formula is C23H26OSi. The molecule has 25 heavy (non-hydrogen) atoms. The third-order valence-electron chi connectivity index (χ3n) is 4.30. The number of hydrogen-bond acceptors (Lipinski definition) is 1. The van der Waals surface area contributed by atoms with Crippen molar-refractivity contribution in [1.82, 2.24) is 0 Å². The number of ether oxygens (including phenoxy) is 1. The minimum absolute atomic E-state index is 0.792. The fraction of sp³-hybridized carbons (Fsp3) is 0.217. The first-order valence-electron chi connectivity index (χ1n) is 8.91. The molecule has 0 spiro atoms. The van der Waals surface area contributed by atoms with Crippen LogP contribution in [0.5, 0.6) is 5.75 Å². The lowest BCUT2D eigenvalue weighted by Gasteiger charge is -2.18. The zero-order chi connectivity index (χ0) is 17.7. The predicted octanol–water partition coefficient (Wildman–Crippen LogP) is 6.74. The summed E-state index contributed by atoms with van der Waals surface area (Å²) < 4.78 is 6.19. The zero-order valence-corrected chi connectivity index (χ0v) is 16.3. The molecule has 0 saturated heterocycles. The lowest BCUT2D eigenvalue weighted by atomic mass is 9.94. The molecule has 3 aromatic carbocycles. The van der Waals surface area contributed by atoms with Crippen molar-refractivity contribution in [3.8, 4) is 28.0 Å². The summed E-state index contributed by atoms with van der Waals surface area (Å²) in [5, 5.41) is 0. The highest BCUT2D eigenvalue weighted by atomic mass is 28.3. The van der Waals surface area contributed by atoms with Crippen molar-refractivity contribution in [2.45, 2.75) is 25.7 Å². The van der Waals surface area contributed by atoms with Gasteiger partial charge in [0.05, 0.1) is 6.61 Å². The van der Waals surface area contributed by atoms with Crippen molar-refractivity contribution >= 4 is 8.07 Å². The summed E-state index contributed by atoms with van der Waals surface area (Å²) >= 11 is 0. The lowest BCUT2D eigenvalue weighted by molar-refractivity contribution is 0.339. The maximum Gasteiger partial charge on any atom is 0.127 e. The summed E-state index contributed by atoms with van der Waals surface area (Å²) in [5.74, 6) is 0.976. The van der Waals surface area contributed by atoms with Gasteiger partial charge in [-0.15, -0.1) is 0 Å². The monoisotopic (exact) mass is 346 g/mol. The standard InChI is InChI=1S/C23H26OSi/c1-25(2,3)18-17-24-23-16-10-9-15-22(23)21-14-8-7-13-20(21)19-11-5-4-6-12-19/h4-16H,17-18H2,1-3H3. The molecule has 0 bridgehead atoms. The number of benzene rings is 3. The minimum Gasteiger partial charge on any atom is -0.493 e. The van der Waals surface area contributed by atoms with Gasteiger partial charge in [0.25, 0.3) is 0 Å². The maximum absolute atomic E-state index is 6.19. The largest absolute Gasteiger partial charge is 0.493 e. The molecule has 0 heterocycles. The van der Waals surface area contributed by atoms with Gasteiger partial charge in [0.2, 0.25) is 0 Å². The van der Waals surface area contributed by atoms with Crippen LogP contribution in [0, 0.1) is 0 Å². The Labute approximate surface area is 152 Å². The molecule has 0 aliphatic rings. The molecule has 0 aliphatic carbocycles. The second kappa shape index (κ2) is 7.71. The third kappa shape index (κ3) is 4.61. The van der Waals surface area contributed by atoms with E-state index in [1.165, 1.54) is 22.7 Å². The second-order valence-electron chi connectivity index (χ2n) is 7.57. The molecule has 3 aromatic rings. The topological polar surface area (TPSA) is 9.23 Å². The van der Waals surface area contributed by atoms with Gasteiger partial charge in [0, 0.05) is 13.6 Å². The SMILES string of the molecule is C[Si](C)(C)CCOc1ccccc1-c1ccccc1-c1ccccc1. The van der Waals surface area contributed by atoms with Crippen LogP contribution in [-0.2, 0) is 0 Å². The summed E-state index contributed by atoms with van der Waals surface area (Å²) in [6.07, 6.45) is 0. The first kappa shape index (κ1) is 17.5. The van der Waals surface area contributed by atoms with Crippen molar-refractivity contribution < 1.29 is 4.74 Å². The molecule has 0 amide bonds. The summed E-state index contributed by atoms with van der Waals surface area (Å²) in [5.41, 5.74) is 4.86. The van der Waals surface area contributed by atoms with E-state index in [0.29, 0.717) is 0 Å². The number of hydrogen-bond donors (Lipinski definition) is 0. The lowest BCUT2D eigenvalue weighted by Crippen LogP contribution is -2.22. The molecule has 0 radical (unpaired) electrons. The van der Waals surface area contributed by atoms with E-state index in [2.05, 4.69) is 98.5 Å². The Morgan fingerprint density at radius 3 is 1.88 bits per heavy atom. The van der Waals surface area contributed by atoms with Gasteiger partial charge in [-0.05, 0) is 28.8 Å². The van der Waals surface area contributed by atoms with E-state index in [1.54, 1.807) is 0 Å². The van der Waals surface area contributed by atoms with Crippen molar-refractivity contribution in [2.24, 2.45) is 0 Å². The van der Waals surface area contributed by atoms with E-state index < -0.39 is 8.07 Å². The second-order valence-corrected chi connectivity index (χ2v) is 13.2. The fourth-order valence-corrected chi connectivity index (χ4v) is 3.58. The smallest absolute Gasteiger partial charge is 0.127 e. The Kier molecular flexibility index (Phi) is 5.39. The summed E-state index contributed by atoms with van der Waals surface area (Å²) in [6, 6.07) is 28.7. The average Bonchev–Trinajstić information content (AvgIpc) is 2.62. The number of para-hydroxylation sites is 1. The Morgan fingerprint density at radius 2 is 1.20 bits per heavy atom. The van der Waals surface area contributed by atoms with Crippen LogP contribution in [0.4, 0.5) is 0 Å². The zero-order valence-electron chi connectivity index (χ0n) is 15.3. The Balaban J connectivity index is 1.96. The fourth-order valence-electron chi connectivity index (χ4n) is 2.87. The van der Waals surface area contributed by atoms with Crippen LogP contribution >= 0.6 is 0 Å². The summed E-state index contributed by atoms with van der Waals surface area (Å²) in [7, 11) is -1.10. The van der Waals surface area contributed by atoms with Gasteiger partial charge in [-0.2, -0.15) is 0 Å². The Morgan fingerprint density at radius 1 is 0.640 bits per heavy atom. The van der Waals surface area contributed by atoms with Crippen LogP contribution < -0.4 is 4.74 Å². The van der Waals surface area contributed by atoms with Crippen molar-refractivity contribution in [1.29, 1.82) is 0 Å². The average molecular weight is 347 g/mol. The van der Waals surface area contributed by atoms with Crippen LogP contribution in [0.2, 0.25) is 25.7 Å². The van der Waals surface area contributed by atoms with Gasteiger partial charge in [-0.25, -0.2) is 0 Å². The number of rotatable bonds is 6. The summed E-state index contributed by atoms with van der Waals surface area (Å²) in [6.45, 7) is 7.94. The van der Waals surface area contributed by atoms with Crippen molar-refractivity contribution in [3.63, 3.8) is 0 Å². The van der Waals surface area contributed by atoms with Gasteiger partial charge in [-0.3, -0.25) is 0 Å². The highest BCUT2D eigenvalue weighted by Crippen LogP contribution is 2.37. The summed E-state index contributed by atoms with van der Waals surface area (Å²) in [4.78, 5) is 0. The Hall–Kier alpha value is -2.32. The van der Waals surface area contributed by atoms with Crippen LogP contribution in [-0.4, -0.2) is 14.7 Å². The molecule has 2 heteroatoms. The maximum atomic E-state index is 6.19. The first-order chi connectivity index (χ1) is 12.0. The van der Waals surface area contributed by atoms with Crippen LogP contribution in [0.15, 0.2) is 78.9 Å². The minimum atomic E-state index is -1.10. The quantitative estimate of drug-likeness (QED) is 0.449. The van der Waals surface area contributed by atoms with E-state index in [0.717, 1.165) is 17.9 Å². The highest BCUT2D eigenvalue weighted by molar-refractivity contribution is 6.76. The normalized spacial score (nSPS) is 11.3. The van der Waals surface area contributed by atoms with Gasteiger partial charge < -0.3 is 4.74 Å². The van der Waals surface area contributed by atoms with E-state index in [9.17, 15) is 0 Å². The Bertz CT molecular complexity index is 819.